The zero-order valence-electron chi connectivity index (χ0n) is 9.27. The highest BCUT2D eigenvalue weighted by Crippen LogP contribution is 2.37. The number of benzene rings is 1. The Hall–Kier alpha value is -0.460. The monoisotopic (exact) mass is 394 g/mol. The molecule has 3 rings (SSSR count). The Balaban J connectivity index is 2.39. The summed E-state index contributed by atoms with van der Waals surface area (Å²) in [5.74, 6) is 0.0121. The van der Waals surface area contributed by atoms with Crippen molar-refractivity contribution in [1.82, 2.24) is 9.88 Å². The number of halogens is 3. The van der Waals surface area contributed by atoms with E-state index < -0.39 is 0 Å². The van der Waals surface area contributed by atoms with Crippen LogP contribution in [0.3, 0.4) is 0 Å². The van der Waals surface area contributed by atoms with Crippen molar-refractivity contribution in [3.8, 4) is 0 Å². The van der Waals surface area contributed by atoms with E-state index in [4.69, 9.17) is 23.2 Å². The van der Waals surface area contributed by atoms with Crippen molar-refractivity contribution < 1.29 is 4.79 Å². The Labute approximate surface area is 128 Å². The molecule has 1 aromatic heterocycles. The van der Waals surface area contributed by atoms with Crippen molar-refractivity contribution in [2.45, 2.75) is 13.0 Å². The van der Waals surface area contributed by atoms with E-state index in [9.17, 15) is 4.79 Å². The van der Waals surface area contributed by atoms with Gasteiger partial charge >= 0.3 is 0 Å². The first-order chi connectivity index (χ1) is 8.59. The van der Waals surface area contributed by atoms with Crippen LogP contribution in [-0.4, -0.2) is 17.0 Å². The van der Waals surface area contributed by atoms with Crippen LogP contribution in [0.4, 0.5) is 0 Å². The number of carbonyl (C=O) groups excluding carboxylic acids is 1. The van der Waals surface area contributed by atoms with Gasteiger partial charge in [0.05, 0.1) is 15.6 Å². The van der Waals surface area contributed by atoms with Gasteiger partial charge in [0.1, 0.15) is 6.54 Å². The molecule has 0 aliphatic carbocycles. The fourth-order valence-electron chi connectivity index (χ4n) is 2.33. The fourth-order valence-corrected chi connectivity index (χ4v) is 3.74. The molecule has 0 spiro atoms. The highest BCUT2D eigenvalue weighted by molar-refractivity contribution is 14.1. The minimum Gasteiger partial charge on any atom is -0.354 e. The molecule has 0 unspecified atom stereocenters. The van der Waals surface area contributed by atoms with E-state index in [2.05, 4.69) is 27.9 Å². The molecule has 1 aliphatic heterocycles. The van der Waals surface area contributed by atoms with E-state index in [-0.39, 0.29) is 5.91 Å². The zero-order chi connectivity index (χ0) is 12.9. The molecule has 1 aliphatic rings. The molecule has 2 aromatic rings. The van der Waals surface area contributed by atoms with Crippen LogP contribution in [0.15, 0.2) is 12.1 Å². The summed E-state index contributed by atoms with van der Waals surface area (Å²) < 4.78 is 3.13. The Kier molecular flexibility index (Phi) is 3.20. The molecule has 0 fully saturated rings. The summed E-state index contributed by atoms with van der Waals surface area (Å²) in [5, 5.41) is 4.97. The van der Waals surface area contributed by atoms with E-state index in [1.165, 1.54) is 0 Å². The first kappa shape index (κ1) is 12.6. The van der Waals surface area contributed by atoms with Gasteiger partial charge in [-0.15, -0.1) is 0 Å². The Morgan fingerprint density at radius 1 is 1.33 bits per heavy atom. The van der Waals surface area contributed by atoms with Crippen LogP contribution in [0, 0.1) is 3.57 Å². The number of nitrogens with zero attached hydrogens (tertiary/aromatic N) is 1. The lowest BCUT2D eigenvalue weighted by Gasteiger charge is -2.06. The van der Waals surface area contributed by atoms with E-state index in [1.807, 2.05) is 10.6 Å². The highest BCUT2D eigenvalue weighted by atomic mass is 127. The van der Waals surface area contributed by atoms with Gasteiger partial charge in [0.15, 0.2) is 0 Å². The molecule has 0 saturated heterocycles. The molecule has 0 atom stereocenters. The molecule has 0 saturated carbocycles. The lowest BCUT2D eigenvalue weighted by molar-refractivity contribution is -0.121. The summed E-state index contributed by atoms with van der Waals surface area (Å²) >= 11 is 14.7. The molecule has 2 heterocycles. The summed E-state index contributed by atoms with van der Waals surface area (Å²) in [6.45, 7) is 0.964. The second-order valence-corrected chi connectivity index (χ2v) is 6.07. The largest absolute Gasteiger partial charge is 0.354 e. The Morgan fingerprint density at radius 2 is 2.11 bits per heavy atom. The van der Waals surface area contributed by atoms with Crippen molar-refractivity contribution in [2.24, 2.45) is 0 Å². The summed E-state index contributed by atoms with van der Waals surface area (Å²) in [5.41, 5.74) is 2.01. The van der Waals surface area contributed by atoms with Crippen molar-refractivity contribution in [3.63, 3.8) is 0 Å². The van der Waals surface area contributed by atoms with E-state index in [1.54, 1.807) is 6.07 Å². The summed E-state index contributed by atoms with van der Waals surface area (Å²) in [6, 6.07) is 3.76. The van der Waals surface area contributed by atoms with Gasteiger partial charge in [-0.25, -0.2) is 0 Å². The third-order valence-electron chi connectivity index (χ3n) is 3.14. The fraction of sp³-hybridized carbons (Fsp3) is 0.250. The molecule has 18 heavy (non-hydrogen) atoms. The molecule has 94 valence electrons. The molecule has 0 bridgehead atoms. The maximum atomic E-state index is 11.7. The van der Waals surface area contributed by atoms with Gasteiger partial charge < -0.3 is 9.88 Å². The van der Waals surface area contributed by atoms with Crippen LogP contribution in [0.1, 0.15) is 5.69 Å². The quantitative estimate of drug-likeness (QED) is 0.684. The van der Waals surface area contributed by atoms with Gasteiger partial charge in [-0.05, 0) is 28.7 Å². The maximum absolute atomic E-state index is 11.7. The first-order valence-electron chi connectivity index (χ1n) is 5.51. The number of hydrogen-bond donors (Lipinski definition) is 1. The standard InChI is InChI=1S/C12H9Cl2IN2O/c13-7-2-1-6-11(15)8-3-4-16-9(18)5-17(8)12(6)10(7)14/h1-2H,3-5H2,(H,16,18). The molecule has 3 nitrogen and oxygen atoms in total. The van der Waals surface area contributed by atoms with E-state index in [0.717, 1.165) is 26.6 Å². The van der Waals surface area contributed by atoms with Crippen LogP contribution in [0.5, 0.6) is 0 Å². The summed E-state index contributed by atoms with van der Waals surface area (Å²) in [7, 11) is 0. The molecule has 6 heteroatoms. The van der Waals surface area contributed by atoms with Crippen LogP contribution >= 0.6 is 45.8 Å². The van der Waals surface area contributed by atoms with Crippen molar-refractivity contribution in [3.05, 3.63) is 31.4 Å². The van der Waals surface area contributed by atoms with Crippen LogP contribution in [0.25, 0.3) is 10.9 Å². The van der Waals surface area contributed by atoms with Gasteiger partial charge in [0.2, 0.25) is 5.91 Å². The van der Waals surface area contributed by atoms with Crippen molar-refractivity contribution >= 4 is 62.6 Å². The Morgan fingerprint density at radius 3 is 2.89 bits per heavy atom. The average molecular weight is 395 g/mol. The number of fused-ring (bicyclic) bond motifs is 3. The molecular formula is C12H9Cl2IN2O. The van der Waals surface area contributed by atoms with Crippen molar-refractivity contribution in [1.29, 1.82) is 0 Å². The van der Waals surface area contributed by atoms with Crippen LogP contribution in [0.2, 0.25) is 10.0 Å². The number of amides is 1. The van der Waals surface area contributed by atoms with Gasteiger partial charge in [0.25, 0.3) is 0 Å². The van der Waals surface area contributed by atoms with Crippen LogP contribution in [-0.2, 0) is 17.8 Å². The molecule has 0 radical (unpaired) electrons. The third kappa shape index (κ3) is 1.82. The highest BCUT2D eigenvalue weighted by Gasteiger charge is 2.22. The summed E-state index contributed by atoms with van der Waals surface area (Å²) in [4.78, 5) is 11.7. The predicted octanol–water partition coefficient (Wildman–Crippen LogP) is 3.23. The normalized spacial score (nSPS) is 15.4. The lowest BCUT2D eigenvalue weighted by Crippen LogP contribution is -2.25. The van der Waals surface area contributed by atoms with Crippen LogP contribution < -0.4 is 5.32 Å². The SMILES string of the molecule is O=C1Cn2c(c(I)c3ccc(Cl)c(Cl)c32)CCN1. The maximum Gasteiger partial charge on any atom is 0.239 e. The number of rotatable bonds is 0. The van der Waals surface area contributed by atoms with E-state index >= 15 is 0 Å². The third-order valence-corrected chi connectivity index (χ3v) is 5.14. The number of nitrogens with one attached hydrogen (secondary N) is 1. The van der Waals surface area contributed by atoms with E-state index in [0.29, 0.717) is 23.1 Å². The molecule has 1 amide bonds. The molecule has 1 aromatic carbocycles. The minimum absolute atomic E-state index is 0.0121. The molecular weight excluding hydrogens is 386 g/mol. The summed E-state index contributed by atoms with van der Waals surface area (Å²) in [6.07, 6.45) is 0.812. The second-order valence-electron chi connectivity index (χ2n) is 4.20. The lowest BCUT2D eigenvalue weighted by atomic mass is 10.2. The van der Waals surface area contributed by atoms with Gasteiger partial charge in [-0.2, -0.15) is 0 Å². The van der Waals surface area contributed by atoms with Gasteiger partial charge in [-0.1, -0.05) is 29.3 Å². The smallest absolute Gasteiger partial charge is 0.239 e. The number of carbonyl (C=O) groups is 1. The zero-order valence-corrected chi connectivity index (χ0v) is 12.9. The number of hydrogen-bond acceptors (Lipinski definition) is 1. The minimum atomic E-state index is 0.0121. The molecule has 1 N–H and O–H groups in total. The van der Waals surface area contributed by atoms with Gasteiger partial charge in [0, 0.05) is 27.6 Å². The van der Waals surface area contributed by atoms with Crippen molar-refractivity contribution in [2.75, 3.05) is 6.54 Å². The average Bonchev–Trinajstić information content (AvgIpc) is 2.50. The van der Waals surface area contributed by atoms with Gasteiger partial charge in [-0.3, -0.25) is 4.79 Å². The first-order valence-corrected chi connectivity index (χ1v) is 7.34. The second kappa shape index (κ2) is 4.58. The number of aromatic nitrogens is 1. The predicted molar refractivity (Wildman–Crippen MR) is 81.4 cm³/mol. The topological polar surface area (TPSA) is 34.0 Å². The Bertz CT molecular complexity index is 666.